The first-order valence-corrected chi connectivity index (χ1v) is 12.0. The Bertz CT molecular complexity index is 1600. The van der Waals surface area contributed by atoms with Crippen molar-refractivity contribution in [1.29, 1.82) is 0 Å². The van der Waals surface area contributed by atoms with E-state index >= 15 is 0 Å². The number of hydrogen-bond donors (Lipinski definition) is 1. The monoisotopic (exact) mass is 485 g/mol. The second-order valence-electron chi connectivity index (χ2n) is 8.19. The van der Waals surface area contributed by atoms with Gasteiger partial charge < -0.3 is 4.90 Å². The Kier molecular flexibility index (Phi) is 6.15. The number of fused-ring (bicyclic) bond motifs is 1. The molecule has 176 valence electrons. The molecule has 1 amide bonds. The number of benzene rings is 2. The van der Waals surface area contributed by atoms with Gasteiger partial charge in [0.05, 0.1) is 21.5 Å². The van der Waals surface area contributed by atoms with E-state index in [1.54, 1.807) is 47.5 Å². The molecule has 3 aromatic heterocycles. The fraction of sp³-hybridized carbons (Fsp3) is 0.154. The van der Waals surface area contributed by atoms with Crippen LogP contribution in [0.25, 0.3) is 27.2 Å². The van der Waals surface area contributed by atoms with Crippen LogP contribution in [0.4, 0.5) is 0 Å². The van der Waals surface area contributed by atoms with E-state index in [2.05, 4.69) is 4.98 Å². The van der Waals surface area contributed by atoms with E-state index < -0.39 is 11.2 Å². The van der Waals surface area contributed by atoms with Gasteiger partial charge in [-0.1, -0.05) is 36.4 Å². The summed E-state index contributed by atoms with van der Waals surface area (Å²) < 4.78 is 3.27. The van der Waals surface area contributed by atoms with E-state index in [0.717, 1.165) is 21.8 Å². The van der Waals surface area contributed by atoms with Gasteiger partial charge in [-0.25, -0.2) is 9.48 Å². The lowest BCUT2D eigenvalue weighted by atomic mass is 10.2. The number of carbonyl (C=O) groups is 1. The van der Waals surface area contributed by atoms with E-state index in [1.807, 2.05) is 58.7 Å². The van der Waals surface area contributed by atoms with Crippen LogP contribution in [0.2, 0.25) is 0 Å². The van der Waals surface area contributed by atoms with Crippen LogP contribution >= 0.6 is 11.3 Å². The topological polar surface area (TPSA) is 93.0 Å². The van der Waals surface area contributed by atoms with E-state index in [-0.39, 0.29) is 18.9 Å². The van der Waals surface area contributed by atoms with Crippen molar-refractivity contribution in [2.24, 2.45) is 0 Å². The minimum Gasteiger partial charge on any atom is -0.341 e. The molecule has 9 heteroatoms. The van der Waals surface area contributed by atoms with Crippen LogP contribution in [-0.4, -0.2) is 37.2 Å². The third-order valence-electron chi connectivity index (χ3n) is 5.85. The average molecular weight is 486 g/mol. The highest BCUT2D eigenvalue weighted by atomic mass is 32.1. The Morgan fingerprint density at radius 2 is 1.80 bits per heavy atom. The lowest BCUT2D eigenvalue weighted by Gasteiger charge is -2.18. The van der Waals surface area contributed by atoms with Gasteiger partial charge in [-0.2, -0.15) is 5.10 Å². The molecule has 0 unspecified atom stereocenters. The molecule has 5 aromatic rings. The number of amides is 1. The van der Waals surface area contributed by atoms with Gasteiger partial charge in [-0.3, -0.25) is 19.1 Å². The van der Waals surface area contributed by atoms with Crippen LogP contribution in [0, 0.1) is 0 Å². The minimum atomic E-state index is -0.520. The van der Waals surface area contributed by atoms with E-state index in [1.165, 1.54) is 4.57 Å². The molecule has 0 saturated carbocycles. The predicted molar refractivity (Wildman–Crippen MR) is 137 cm³/mol. The van der Waals surface area contributed by atoms with E-state index in [0.29, 0.717) is 17.4 Å². The molecule has 0 bridgehead atoms. The fourth-order valence-corrected chi connectivity index (χ4v) is 4.81. The van der Waals surface area contributed by atoms with Crippen LogP contribution in [0.3, 0.4) is 0 Å². The maximum atomic E-state index is 13.0. The van der Waals surface area contributed by atoms with Crippen LogP contribution in [0.15, 0.2) is 87.9 Å². The Balaban J connectivity index is 1.37. The lowest BCUT2D eigenvalue weighted by Crippen LogP contribution is -2.33. The summed E-state index contributed by atoms with van der Waals surface area (Å²) >= 11 is 1.60. The van der Waals surface area contributed by atoms with Gasteiger partial charge in [0.25, 0.3) is 5.56 Å². The average Bonchev–Trinajstić information content (AvgIpc) is 3.54. The van der Waals surface area contributed by atoms with E-state index in [4.69, 9.17) is 5.10 Å². The van der Waals surface area contributed by atoms with Gasteiger partial charge in [0, 0.05) is 38.3 Å². The first-order valence-electron chi connectivity index (χ1n) is 11.1. The van der Waals surface area contributed by atoms with E-state index in [9.17, 15) is 14.4 Å². The quantitative estimate of drug-likeness (QED) is 0.381. The molecule has 0 radical (unpaired) electrons. The summed E-state index contributed by atoms with van der Waals surface area (Å²) in [5.74, 6) is -0.114. The number of aromatic amines is 1. The van der Waals surface area contributed by atoms with Crippen molar-refractivity contribution in [1.82, 2.24) is 24.2 Å². The molecular formula is C26H23N5O3S. The predicted octanol–water partition coefficient (Wildman–Crippen LogP) is 3.65. The molecule has 0 saturated heterocycles. The first-order chi connectivity index (χ1) is 17.0. The standard InChI is InChI=1S/C26H23N5O3S/c1-29(23(32)13-14-30-21-11-6-5-10-20(21)25(33)27-26(30)34)16-18-17-31(19-8-3-2-4-9-19)28-24(18)22-12-7-15-35-22/h2-12,15,17H,13-14,16H2,1H3,(H,27,33,34). The molecule has 0 atom stereocenters. The van der Waals surface area contributed by atoms with Crippen molar-refractivity contribution >= 4 is 28.1 Å². The highest BCUT2D eigenvalue weighted by Crippen LogP contribution is 2.28. The van der Waals surface area contributed by atoms with Crippen LogP contribution in [0.1, 0.15) is 12.0 Å². The molecule has 8 nitrogen and oxygen atoms in total. The Hall–Kier alpha value is -4.24. The second-order valence-corrected chi connectivity index (χ2v) is 9.14. The number of aryl methyl sites for hydroxylation is 1. The van der Waals surface area contributed by atoms with Crippen molar-refractivity contribution in [3.63, 3.8) is 0 Å². The molecule has 35 heavy (non-hydrogen) atoms. The summed E-state index contributed by atoms with van der Waals surface area (Å²) in [6.45, 7) is 0.542. The number of hydrogen-bond acceptors (Lipinski definition) is 5. The number of H-pyrrole nitrogens is 1. The number of rotatable bonds is 7. The van der Waals surface area contributed by atoms with Crippen molar-refractivity contribution < 1.29 is 4.79 Å². The molecule has 0 fully saturated rings. The molecule has 0 aliphatic rings. The lowest BCUT2D eigenvalue weighted by molar-refractivity contribution is -0.130. The summed E-state index contributed by atoms with van der Waals surface area (Å²) in [5.41, 5.74) is 2.27. The summed E-state index contributed by atoms with van der Waals surface area (Å²) in [7, 11) is 1.74. The molecule has 2 aromatic carbocycles. The van der Waals surface area contributed by atoms with Gasteiger partial charge in [0.2, 0.25) is 5.91 Å². The van der Waals surface area contributed by atoms with Gasteiger partial charge >= 0.3 is 5.69 Å². The molecule has 5 rings (SSSR count). The third kappa shape index (κ3) is 4.58. The zero-order valence-corrected chi connectivity index (χ0v) is 19.9. The molecule has 0 spiro atoms. The van der Waals surface area contributed by atoms with Gasteiger partial charge in [0.15, 0.2) is 0 Å². The van der Waals surface area contributed by atoms with Crippen molar-refractivity contribution in [3.8, 4) is 16.3 Å². The fourth-order valence-electron chi connectivity index (χ4n) is 4.07. The largest absolute Gasteiger partial charge is 0.341 e. The highest BCUT2D eigenvalue weighted by molar-refractivity contribution is 7.13. The number of nitrogens with zero attached hydrogens (tertiary/aromatic N) is 4. The maximum absolute atomic E-state index is 13.0. The summed E-state index contributed by atoms with van der Waals surface area (Å²) in [6.07, 6.45) is 2.07. The Morgan fingerprint density at radius 3 is 2.57 bits per heavy atom. The number of nitrogens with one attached hydrogen (secondary N) is 1. The second kappa shape index (κ2) is 9.55. The zero-order chi connectivity index (χ0) is 24.4. The van der Waals surface area contributed by atoms with Crippen LogP contribution in [0.5, 0.6) is 0 Å². The minimum absolute atomic E-state index is 0.114. The van der Waals surface area contributed by atoms with Crippen LogP contribution < -0.4 is 11.2 Å². The smallest absolute Gasteiger partial charge is 0.328 e. The number of carbonyl (C=O) groups excluding carboxylic acids is 1. The molecule has 0 aliphatic carbocycles. The molecular weight excluding hydrogens is 462 g/mol. The number of para-hydroxylation sites is 2. The normalized spacial score (nSPS) is 11.1. The molecule has 3 heterocycles. The summed E-state index contributed by atoms with van der Waals surface area (Å²) in [4.78, 5) is 42.5. The zero-order valence-electron chi connectivity index (χ0n) is 19.0. The van der Waals surface area contributed by atoms with Crippen molar-refractivity contribution in [3.05, 3.63) is 105 Å². The highest BCUT2D eigenvalue weighted by Gasteiger charge is 2.18. The first kappa shape index (κ1) is 22.5. The maximum Gasteiger partial charge on any atom is 0.328 e. The van der Waals surface area contributed by atoms with Gasteiger partial charge in [-0.05, 0) is 35.7 Å². The SMILES string of the molecule is CN(Cc1cn(-c2ccccc2)nc1-c1cccs1)C(=O)CCn1c(=O)[nH]c(=O)c2ccccc21. The van der Waals surface area contributed by atoms with Gasteiger partial charge in [-0.15, -0.1) is 11.3 Å². The Morgan fingerprint density at radius 1 is 1.03 bits per heavy atom. The summed E-state index contributed by atoms with van der Waals surface area (Å²) in [6, 6.07) is 20.7. The molecule has 0 aliphatic heterocycles. The van der Waals surface area contributed by atoms with Gasteiger partial charge in [0.1, 0.15) is 5.69 Å². The Labute approximate surface area is 204 Å². The number of aromatic nitrogens is 4. The van der Waals surface area contributed by atoms with Crippen molar-refractivity contribution in [2.45, 2.75) is 19.5 Å². The third-order valence-corrected chi connectivity index (χ3v) is 6.73. The molecule has 1 N–H and O–H groups in total. The van der Waals surface area contributed by atoms with Crippen LogP contribution in [-0.2, 0) is 17.9 Å². The summed E-state index contributed by atoms with van der Waals surface area (Å²) in [5, 5.41) is 7.21. The van der Waals surface area contributed by atoms with Crippen molar-refractivity contribution in [2.75, 3.05) is 7.05 Å². The number of thiophene rings is 1.